The Bertz CT molecular complexity index is 1030. The molecule has 1 aromatic heterocycles. The van der Waals surface area contributed by atoms with Crippen LogP contribution in [0.2, 0.25) is 0 Å². The smallest absolute Gasteiger partial charge is 0.327 e. The molecule has 1 N–H and O–H groups in total. The van der Waals surface area contributed by atoms with Gasteiger partial charge in [0.1, 0.15) is 11.9 Å². The first-order chi connectivity index (χ1) is 14.1. The number of rotatable bonds is 4. The Kier molecular flexibility index (Phi) is 5.26. The zero-order valence-corrected chi connectivity index (χ0v) is 16.0. The number of benzene rings is 2. The van der Waals surface area contributed by atoms with Crippen molar-refractivity contribution in [2.45, 2.75) is 6.04 Å². The number of piperazine rings is 1. The van der Waals surface area contributed by atoms with Crippen LogP contribution in [-0.2, 0) is 9.53 Å². The largest absolute Gasteiger partial charge is 0.468 e. The number of aromatic nitrogens is 2. The molecular formula is C21H21FN4O3. The molecule has 0 spiro atoms. The van der Waals surface area contributed by atoms with Crippen LogP contribution in [-0.4, -0.2) is 65.2 Å². The Morgan fingerprint density at radius 2 is 1.76 bits per heavy atom. The molecule has 1 saturated heterocycles. The molecule has 0 bridgehead atoms. The highest BCUT2D eigenvalue weighted by Gasteiger charge is 2.33. The van der Waals surface area contributed by atoms with Crippen molar-refractivity contribution in [2.24, 2.45) is 0 Å². The highest BCUT2D eigenvalue weighted by atomic mass is 19.1. The molecule has 1 amide bonds. The number of nitrogens with one attached hydrogen (secondary N) is 1. The van der Waals surface area contributed by atoms with Gasteiger partial charge in [-0.25, -0.2) is 9.18 Å². The highest BCUT2D eigenvalue weighted by Crippen LogP contribution is 2.25. The van der Waals surface area contributed by atoms with Crippen molar-refractivity contribution in [2.75, 3.05) is 33.3 Å². The van der Waals surface area contributed by atoms with E-state index in [9.17, 15) is 14.0 Å². The standard InChI is InChI=1S/C21H21FN4O3/c1-29-21(28)19(14-6-8-15(22)9-7-14)25-10-12-26(13-11-25)20(27)18-16-4-2-3-5-17(16)23-24-18/h2-9,19H,10-13H2,1H3,(H,23,24)/t19-/m1/s1. The quantitative estimate of drug-likeness (QED) is 0.685. The van der Waals surface area contributed by atoms with Crippen LogP contribution in [0.4, 0.5) is 4.39 Å². The van der Waals surface area contributed by atoms with Gasteiger partial charge in [0.15, 0.2) is 5.69 Å². The Labute approximate surface area is 167 Å². The molecule has 0 radical (unpaired) electrons. The number of carbonyl (C=O) groups excluding carboxylic acids is 2. The third-order valence-corrected chi connectivity index (χ3v) is 5.25. The van der Waals surface area contributed by atoms with Gasteiger partial charge in [0.25, 0.3) is 5.91 Å². The molecule has 0 unspecified atom stereocenters. The number of esters is 1. The fraction of sp³-hybridized carbons (Fsp3) is 0.286. The maximum Gasteiger partial charge on any atom is 0.327 e. The number of fused-ring (bicyclic) bond motifs is 1. The predicted octanol–water partition coefficient (Wildman–Crippen LogP) is 2.37. The molecule has 3 aromatic rings. The van der Waals surface area contributed by atoms with Crippen LogP contribution < -0.4 is 0 Å². The van der Waals surface area contributed by atoms with Gasteiger partial charge in [-0.05, 0) is 23.8 Å². The van der Waals surface area contributed by atoms with E-state index >= 15 is 0 Å². The summed E-state index contributed by atoms with van der Waals surface area (Å²) < 4.78 is 18.2. The lowest BCUT2D eigenvalue weighted by atomic mass is 10.0. The van der Waals surface area contributed by atoms with E-state index in [0.29, 0.717) is 37.4 Å². The molecule has 7 nitrogen and oxygen atoms in total. The maximum absolute atomic E-state index is 13.3. The Balaban J connectivity index is 1.49. The van der Waals surface area contributed by atoms with Crippen molar-refractivity contribution in [3.63, 3.8) is 0 Å². The normalized spacial score (nSPS) is 16.0. The molecule has 4 rings (SSSR count). The molecule has 8 heteroatoms. The molecule has 0 saturated carbocycles. The van der Waals surface area contributed by atoms with Crippen LogP contribution in [0.5, 0.6) is 0 Å². The number of ether oxygens (including phenoxy) is 1. The third-order valence-electron chi connectivity index (χ3n) is 5.25. The molecule has 1 atom stereocenters. The van der Waals surface area contributed by atoms with Crippen molar-refractivity contribution >= 4 is 22.8 Å². The van der Waals surface area contributed by atoms with Crippen molar-refractivity contribution in [1.82, 2.24) is 20.0 Å². The summed E-state index contributed by atoms with van der Waals surface area (Å²) in [5, 5.41) is 7.86. The van der Waals surface area contributed by atoms with Crippen molar-refractivity contribution in [3.8, 4) is 0 Å². The van der Waals surface area contributed by atoms with Gasteiger partial charge in [0.05, 0.1) is 12.6 Å². The molecule has 2 heterocycles. The number of carbonyl (C=O) groups is 2. The van der Waals surface area contributed by atoms with Gasteiger partial charge in [0, 0.05) is 31.6 Å². The second kappa shape index (κ2) is 8.00. The minimum absolute atomic E-state index is 0.140. The first kappa shape index (κ1) is 19.1. The fourth-order valence-electron chi connectivity index (χ4n) is 3.71. The van der Waals surface area contributed by atoms with Crippen LogP contribution in [0.1, 0.15) is 22.1 Å². The summed E-state index contributed by atoms with van der Waals surface area (Å²) in [5.74, 6) is -0.910. The van der Waals surface area contributed by atoms with E-state index in [0.717, 1.165) is 10.9 Å². The Morgan fingerprint density at radius 3 is 2.45 bits per heavy atom. The number of halogens is 1. The van der Waals surface area contributed by atoms with Crippen LogP contribution in [0, 0.1) is 5.82 Å². The highest BCUT2D eigenvalue weighted by molar-refractivity contribution is 6.04. The lowest BCUT2D eigenvalue weighted by molar-refractivity contribution is -0.148. The van der Waals surface area contributed by atoms with E-state index in [2.05, 4.69) is 10.2 Å². The van der Waals surface area contributed by atoms with Gasteiger partial charge in [-0.1, -0.05) is 30.3 Å². The second-order valence-electron chi connectivity index (χ2n) is 6.92. The fourth-order valence-corrected chi connectivity index (χ4v) is 3.71. The van der Waals surface area contributed by atoms with Gasteiger partial charge in [-0.15, -0.1) is 0 Å². The molecule has 0 aliphatic carbocycles. The van der Waals surface area contributed by atoms with Crippen LogP contribution in [0.15, 0.2) is 48.5 Å². The van der Waals surface area contributed by atoms with Crippen LogP contribution in [0.25, 0.3) is 10.9 Å². The number of aromatic amines is 1. The van der Waals surface area contributed by atoms with Crippen LogP contribution >= 0.6 is 0 Å². The monoisotopic (exact) mass is 396 g/mol. The van der Waals surface area contributed by atoms with Crippen LogP contribution in [0.3, 0.4) is 0 Å². The average molecular weight is 396 g/mol. The lowest BCUT2D eigenvalue weighted by Crippen LogP contribution is -2.51. The number of amides is 1. The third kappa shape index (κ3) is 3.71. The average Bonchev–Trinajstić information content (AvgIpc) is 3.19. The lowest BCUT2D eigenvalue weighted by Gasteiger charge is -2.38. The van der Waals surface area contributed by atoms with E-state index in [-0.39, 0.29) is 11.7 Å². The molecule has 2 aromatic carbocycles. The predicted molar refractivity (Wildman–Crippen MR) is 105 cm³/mol. The first-order valence-electron chi connectivity index (χ1n) is 9.38. The molecular weight excluding hydrogens is 375 g/mol. The summed E-state index contributed by atoms with van der Waals surface area (Å²) in [7, 11) is 1.33. The van der Waals surface area contributed by atoms with Gasteiger partial charge in [0.2, 0.25) is 0 Å². The molecule has 1 aliphatic rings. The van der Waals surface area contributed by atoms with Gasteiger partial charge >= 0.3 is 5.97 Å². The summed E-state index contributed by atoms with van der Waals surface area (Å²) in [5.41, 5.74) is 1.88. The van der Waals surface area contributed by atoms with Crippen molar-refractivity contribution < 1.29 is 18.7 Å². The summed E-state index contributed by atoms with van der Waals surface area (Å²) in [6, 6.07) is 12.7. The number of H-pyrrole nitrogens is 1. The summed E-state index contributed by atoms with van der Waals surface area (Å²) >= 11 is 0. The van der Waals surface area contributed by atoms with Gasteiger partial charge in [-0.3, -0.25) is 14.8 Å². The second-order valence-corrected chi connectivity index (χ2v) is 6.92. The van der Waals surface area contributed by atoms with Gasteiger partial charge in [-0.2, -0.15) is 5.10 Å². The van der Waals surface area contributed by atoms with Crippen molar-refractivity contribution in [1.29, 1.82) is 0 Å². The number of hydrogen-bond donors (Lipinski definition) is 1. The first-order valence-corrected chi connectivity index (χ1v) is 9.38. The minimum atomic E-state index is -0.635. The van der Waals surface area contributed by atoms with Crippen molar-refractivity contribution in [3.05, 3.63) is 65.6 Å². The number of nitrogens with zero attached hydrogens (tertiary/aromatic N) is 3. The maximum atomic E-state index is 13.3. The van der Waals surface area contributed by atoms with Gasteiger partial charge < -0.3 is 9.64 Å². The minimum Gasteiger partial charge on any atom is -0.468 e. The molecule has 29 heavy (non-hydrogen) atoms. The summed E-state index contributed by atoms with van der Waals surface area (Å²) in [6.45, 7) is 1.89. The van der Waals surface area contributed by atoms with E-state index in [1.54, 1.807) is 17.0 Å². The zero-order chi connectivity index (χ0) is 20.4. The molecule has 1 aliphatic heterocycles. The number of methoxy groups -OCH3 is 1. The van der Waals surface area contributed by atoms with E-state index in [1.165, 1.54) is 19.2 Å². The molecule has 1 fully saturated rings. The SMILES string of the molecule is COC(=O)[C@@H](c1ccc(F)cc1)N1CCN(C(=O)c2n[nH]c3ccccc23)CC1. The topological polar surface area (TPSA) is 78.5 Å². The number of para-hydroxylation sites is 1. The van der Waals surface area contributed by atoms with E-state index in [4.69, 9.17) is 4.74 Å². The Morgan fingerprint density at radius 1 is 1.07 bits per heavy atom. The Hall–Kier alpha value is -3.26. The van der Waals surface area contributed by atoms with E-state index in [1.807, 2.05) is 29.2 Å². The molecule has 150 valence electrons. The zero-order valence-electron chi connectivity index (χ0n) is 16.0. The summed E-state index contributed by atoms with van der Waals surface area (Å²) in [6.07, 6.45) is 0. The number of hydrogen-bond acceptors (Lipinski definition) is 5. The van der Waals surface area contributed by atoms with E-state index < -0.39 is 12.0 Å². The summed E-state index contributed by atoms with van der Waals surface area (Å²) in [4.78, 5) is 29.0.